The minimum atomic E-state index is -3.98. The van der Waals surface area contributed by atoms with Crippen LogP contribution in [-0.2, 0) is 10.0 Å². The van der Waals surface area contributed by atoms with Gasteiger partial charge in [-0.15, -0.1) is 0 Å². The van der Waals surface area contributed by atoms with E-state index in [1.54, 1.807) is 12.3 Å². The summed E-state index contributed by atoms with van der Waals surface area (Å²) in [7, 11) is -3.98. The largest absolute Gasteiger partial charge is 0.433 e. The number of pyridine rings is 1. The fourth-order valence-corrected chi connectivity index (χ4v) is 4.15. The van der Waals surface area contributed by atoms with Crippen molar-refractivity contribution in [2.45, 2.75) is 24.0 Å². The first kappa shape index (κ1) is 17.6. The minimum Gasteiger partial charge on any atom is -0.433 e. The van der Waals surface area contributed by atoms with Gasteiger partial charge >= 0.3 is 6.61 Å². The number of nitrogens with one attached hydrogen (secondary N) is 1. The number of nitrogens with zero attached hydrogens (tertiary/aromatic N) is 2. The number of halogens is 2. The molecule has 1 fully saturated rings. The van der Waals surface area contributed by atoms with E-state index in [0.29, 0.717) is 19.5 Å². The molecule has 1 aliphatic heterocycles. The third-order valence-corrected chi connectivity index (χ3v) is 5.40. The Morgan fingerprint density at radius 2 is 1.96 bits per heavy atom. The lowest BCUT2D eigenvalue weighted by Crippen LogP contribution is -2.37. The Bertz CT molecular complexity index is 818. The first-order chi connectivity index (χ1) is 12.0. The molecule has 6 nitrogen and oxygen atoms in total. The van der Waals surface area contributed by atoms with Crippen LogP contribution in [0.4, 0.5) is 14.6 Å². The normalized spacial score (nSPS) is 17.9. The van der Waals surface area contributed by atoms with Crippen molar-refractivity contribution in [2.24, 2.45) is 0 Å². The fourth-order valence-electron chi connectivity index (χ4n) is 2.75. The van der Waals surface area contributed by atoms with Crippen LogP contribution in [0.1, 0.15) is 6.42 Å². The van der Waals surface area contributed by atoms with Crippen molar-refractivity contribution in [1.82, 2.24) is 9.71 Å². The van der Waals surface area contributed by atoms with Gasteiger partial charge in [0, 0.05) is 25.3 Å². The molecular formula is C16H17F2N3O3S. The van der Waals surface area contributed by atoms with E-state index in [2.05, 4.69) is 14.4 Å². The number of sulfonamides is 1. The van der Waals surface area contributed by atoms with Gasteiger partial charge in [-0.2, -0.15) is 8.78 Å². The van der Waals surface area contributed by atoms with E-state index in [4.69, 9.17) is 0 Å². The summed E-state index contributed by atoms with van der Waals surface area (Å²) in [6.07, 6.45) is 2.26. The number of rotatable bonds is 6. The van der Waals surface area contributed by atoms with Crippen molar-refractivity contribution in [1.29, 1.82) is 0 Å². The number of hydrogen-bond acceptors (Lipinski definition) is 5. The van der Waals surface area contributed by atoms with Gasteiger partial charge < -0.3 is 9.64 Å². The summed E-state index contributed by atoms with van der Waals surface area (Å²) in [6, 6.07) is 10.5. The molecular weight excluding hydrogens is 352 g/mol. The number of para-hydroxylation sites is 1. The Balaban J connectivity index is 1.73. The highest BCUT2D eigenvalue weighted by Crippen LogP contribution is 2.26. The Hall–Kier alpha value is -2.26. The van der Waals surface area contributed by atoms with Crippen molar-refractivity contribution in [3.63, 3.8) is 0 Å². The van der Waals surface area contributed by atoms with Gasteiger partial charge in [0.15, 0.2) is 0 Å². The summed E-state index contributed by atoms with van der Waals surface area (Å²) in [4.78, 5) is 5.91. The molecule has 1 N–H and O–H groups in total. The minimum absolute atomic E-state index is 0.299. The molecule has 2 aromatic rings. The molecule has 1 aromatic carbocycles. The molecule has 2 heterocycles. The highest BCUT2D eigenvalue weighted by Gasteiger charge is 2.29. The summed E-state index contributed by atoms with van der Waals surface area (Å²) < 4.78 is 57.0. The number of benzene rings is 1. The molecule has 1 aromatic heterocycles. The zero-order chi connectivity index (χ0) is 17.9. The third kappa shape index (κ3) is 4.23. The predicted molar refractivity (Wildman–Crippen MR) is 88.3 cm³/mol. The number of anilines is 1. The fraction of sp³-hybridized carbons (Fsp3) is 0.312. The lowest BCUT2D eigenvalue weighted by molar-refractivity contribution is -0.0517. The molecule has 0 aliphatic carbocycles. The quantitative estimate of drug-likeness (QED) is 0.846. The summed E-state index contributed by atoms with van der Waals surface area (Å²) in [5.41, 5.74) is 0. The molecule has 0 saturated carbocycles. The molecule has 0 amide bonds. The van der Waals surface area contributed by atoms with Crippen LogP contribution in [0.15, 0.2) is 53.6 Å². The van der Waals surface area contributed by atoms with E-state index in [1.807, 2.05) is 17.0 Å². The Morgan fingerprint density at radius 1 is 1.20 bits per heavy atom. The van der Waals surface area contributed by atoms with E-state index >= 15 is 0 Å². The number of ether oxygens (including phenoxy) is 1. The van der Waals surface area contributed by atoms with Gasteiger partial charge in [-0.25, -0.2) is 18.1 Å². The van der Waals surface area contributed by atoms with Crippen LogP contribution in [0, 0.1) is 0 Å². The van der Waals surface area contributed by atoms with Gasteiger partial charge in [0.25, 0.3) is 0 Å². The number of aromatic nitrogens is 1. The van der Waals surface area contributed by atoms with Gasteiger partial charge in [-0.1, -0.05) is 18.2 Å². The molecule has 134 valence electrons. The maximum Gasteiger partial charge on any atom is 0.387 e. The molecule has 1 saturated heterocycles. The van der Waals surface area contributed by atoms with Gasteiger partial charge in [0.1, 0.15) is 16.5 Å². The lowest BCUT2D eigenvalue weighted by atomic mass is 10.3. The summed E-state index contributed by atoms with van der Waals surface area (Å²) in [6.45, 7) is -1.99. The maximum absolute atomic E-state index is 12.6. The predicted octanol–water partition coefficient (Wildman–Crippen LogP) is 2.24. The van der Waals surface area contributed by atoms with Crippen LogP contribution >= 0.6 is 0 Å². The van der Waals surface area contributed by atoms with E-state index in [0.717, 1.165) is 5.82 Å². The third-order valence-electron chi connectivity index (χ3n) is 3.84. The Kier molecular flexibility index (Phi) is 5.14. The van der Waals surface area contributed by atoms with Gasteiger partial charge in [-0.05, 0) is 30.7 Å². The zero-order valence-electron chi connectivity index (χ0n) is 13.2. The first-order valence-electron chi connectivity index (χ1n) is 7.68. The van der Waals surface area contributed by atoms with Crippen LogP contribution in [0.2, 0.25) is 0 Å². The summed E-state index contributed by atoms with van der Waals surface area (Å²) in [5, 5.41) is 0. The maximum atomic E-state index is 12.6. The SMILES string of the molecule is O=S(=O)(N[C@@H]1CCN(c2ccccn2)C1)c1ccccc1OC(F)F. The molecule has 25 heavy (non-hydrogen) atoms. The molecule has 0 unspecified atom stereocenters. The smallest absolute Gasteiger partial charge is 0.387 e. The van der Waals surface area contributed by atoms with E-state index in [9.17, 15) is 17.2 Å². The highest BCUT2D eigenvalue weighted by atomic mass is 32.2. The number of alkyl halides is 2. The number of hydrogen-bond donors (Lipinski definition) is 1. The highest BCUT2D eigenvalue weighted by molar-refractivity contribution is 7.89. The van der Waals surface area contributed by atoms with E-state index < -0.39 is 16.6 Å². The van der Waals surface area contributed by atoms with Gasteiger partial charge in [0.05, 0.1) is 0 Å². The van der Waals surface area contributed by atoms with Crippen molar-refractivity contribution in [2.75, 3.05) is 18.0 Å². The average Bonchev–Trinajstić information content (AvgIpc) is 3.03. The Morgan fingerprint density at radius 3 is 2.68 bits per heavy atom. The summed E-state index contributed by atoms with van der Waals surface area (Å²) in [5.74, 6) is 0.398. The molecule has 1 atom stereocenters. The second-order valence-electron chi connectivity index (χ2n) is 5.57. The molecule has 0 radical (unpaired) electrons. The van der Waals surface area contributed by atoms with Crippen LogP contribution in [0.25, 0.3) is 0 Å². The molecule has 9 heteroatoms. The molecule has 0 spiro atoms. The summed E-state index contributed by atoms with van der Waals surface area (Å²) >= 11 is 0. The standard InChI is InChI=1S/C16H17F2N3O3S/c17-16(18)24-13-5-1-2-6-14(13)25(22,23)20-12-8-10-21(11-12)15-7-3-4-9-19-15/h1-7,9,12,16,20H,8,10-11H2/t12-/m1/s1. The van der Waals surface area contributed by atoms with E-state index in [1.165, 1.54) is 24.3 Å². The zero-order valence-corrected chi connectivity index (χ0v) is 14.0. The monoisotopic (exact) mass is 369 g/mol. The second kappa shape index (κ2) is 7.32. The Labute approximate surface area is 144 Å². The van der Waals surface area contributed by atoms with Crippen molar-refractivity contribution >= 4 is 15.8 Å². The van der Waals surface area contributed by atoms with Crippen molar-refractivity contribution < 1.29 is 21.9 Å². The van der Waals surface area contributed by atoms with Crippen LogP contribution < -0.4 is 14.4 Å². The van der Waals surface area contributed by atoms with Gasteiger partial charge in [-0.3, -0.25) is 0 Å². The molecule has 1 aliphatic rings. The average molecular weight is 369 g/mol. The topological polar surface area (TPSA) is 71.5 Å². The van der Waals surface area contributed by atoms with Crippen molar-refractivity contribution in [3.05, 3.63) is 48.7 Å². The molecule has 3 rings (SSSR count). The first-order valence-corrected chi connectivity index (χ1v) is 9.16. The van der Waals surface area contributed by atoms with E-state index in [-0.39, 0.29) is 16.7 Å². The van der Waals surface area contributed by atoms with Gasteiger partial charge in [0.2, 0.25) is 10.0 Å². The van der Waals surface area contributed by atoms with Crippen LogP contribution in [0.5, 0.6) is 5.75 Å². The van der Waals surface area contributed by atoms with Crippen molar-refractivity contribution in [3.8, 4) is 5.75 Å². The second-order valence-corrected chi connectivity index (χ2v) is 7.25. The van der Waals surface area contributed by atoms with Crippen LogP contribution in [0.3, 0.4) is 0 Å². The molecule has 0 bridgehead atoms. The van der Waals surface area contributed by atoms with Crippen LogP contribution in [-0.4, -0.2) is 39.1 Å². The lowest BCUT2D eigenvalue weighted by Gasteiger charge is -2.18.